The van der Waals surface area contributed by atoms with Gasteiger partial charge in [0.2, 0.25) is 6.79 Å². The van der Waals surface area contributed by atoms with E-state index in [0.717, 1.165) is 10.0 Å². The Balaban J connectivity index is 2.07. The summed E-state index contributed by atoms with van der Waals surface area (Å²) in [5.74, 6) is 1.30. The number of benzene rings is 1. The second kappa shape index (κ2) is 5.46. The van der Waals surface area contributed by atoms with E-state index in [1.807, 2.05) is 12.1 Å². The van der Waals surface area contributed by atoms with Gasteiger partial charge in [0, 0.05) is 4.47 Å². The lowest BCUT2D eigenvalue weighted by Gasteiger charge is -2.11. The van der Waals surface area contributed by atoms with Crippen molar-refractivity contribution in [3.8, 4) is 17.6 Å². The predicted molar refractivity (Wildman–Crippen MR) is 82.1 cm³/mol. The lowest BCUT2D eigenvalue weighted by atomic mass is 10.1. The van der Waals surface area contributed by atoms with E-state index in [9.17, 15) is 4.79 Å². The van der Waals surface area contributed by atoms with Crippen molar-refractivity contribution in [2.45, 2.75) is 20.4 Å². The van der Waals surface area contributed by atoms with Crippen LogP contribution in [0.25, 0.3) is 0 Å². The Hall–Kier alpha value is -2.33. The lowest BCUT2D eigenvalue weighted by molar-refractivity contribution is 0.174. The zero-order valence-electron chi connectivity index (χ0n) is 12.0. The fourth-order valence-corrected chi connectivity index (χ4v) is 2.70. The number of aryl methyl sites for hydroxylation is 1. The summed E-state index contributed by atoms with van der Waals surface area (Å²) in [6, 6.07) is 5.56. The number of ether oxygens (including phenoxy) is 2. The highest BCUT2D eigenvalue weighted by Crippen LogP contribution is 2.37. The van der Waals surface area contributed by atoms with Crippen LogP contribution in [0.1, 0.15) is 22.4 Å². The molecule has 2 aromatic rings. The van der Waals surface area contributed by atoms with Crippen molar-refractivity contribution in [3.05, 3.63) is 49.3 Å². The van der Waals surface area contributed by atoms with Gasteiger partial charge >= 0.3 is 0 Å². The molecule has 3 rings (SSSR count). The second-order valence-electron chi connectivity index (χ2n) is 4.96. The first-order chi connectivity index (χ1) is 10.5. The number of nitriles is 1. The normalized spacial score (nSPS) is 12.3. The molecule has 0 spiro atoms. The van der Waals surface area contributed by atoms with E-state index in [-0.39, 0.29) is 18.9 Å². The number of halogens is 1. The van der Waals surface area contributed by atoms with Crippen LogP contribution in [0.5, 0.6) is 11.5 Å². The molecule has 6 nitrogen and oxygen atoms in total. The Morgan fingerprint density at radius 2 is 2.05 bits per heavy atom. The van der Waals surface area contributed by atoms with Gasteiger partial charge in [-0.25, -0.2) is 4.68 Å². The molecule has 1 aromatic heterocycles. The molecule has 0 unspecified atom stereocenters. The molecule has 1 aliphatic rings. The lowest BCUT2D eigenvalue weighted by Crippen LogP contribution is -2.28. The molecular formula is C15H12BrN3O3. The van der Waals surface area contributed by atoms with Crippen molar-refractivity contribution in [1.29, 1.82) is 5.26 Å². The van der Waals surface area contributed by atoms with Gasteiger partial charge in [-0.2, -0.15) is 10.4 Å². The molecule has 0 aliphatic carbocycles. The Bertz CT molecular complexity index is 868. The highest BCUT2D eigenvalue weighted by atomic mass is 79.9. The Morgan fingerprint density at radius 1 is 1.36 bits per heavy atom. The Morgan fingerprint density at radius 3 is 2.73 bits per heavy atom. The van der Waals surface area contributed by atoms with Gasteiger partial charge in [-0.05, 0) is 37.1 Å². The molecule has 22 heavy (non-hydrogen) atoms. The first-order valence-corrected chi connectivity index (χ1v) is 7.37. The molecule has 0 bridgehead atoms. The van der Waals surface area contributed by atoms with Crippen molar-refractivity contribution in [2.24, 2.45) is 0 Å². The molecule has 0 atom stereocenters. The fourth-order valence-electron chi connectivity index (χ4n) is 2.25. The molecule has 0 radical (unpaired) electrons. The Kier molecular flexibility index (Phi) is 3.62. The van der Waals surface area contributed by atoms with Gasteiger partial charge in [0.05, 0.1) is 12.2 Å². The number of hydrogen-bond donors (Lipinski definition) is 0. The minimum Gasteiger partial charge on any atom is -0.454 e. The topological polar surface area (TPSA) is 77.1 Å². The third-order valence-corrected chi connectivity index (χ3v) is 4.35. The van der Waals surface area contributed by atoms with E-state index < -0.39 is 5.56 Å². The minimum absolute atomic E-state index is 0.129. The molecule has 0 fully saturated rings. The third-order valence-electron chi connectivity index (χ3n) is 3.61. The molecule has 112 valence electrons. The van der Waals surface area contributed by atoms with E-state index in [2.05, 4.69) is 21.0 Å². The van der Waals surface area contributed by atoms with Crippen LogP contribution in [0.2, 0.25) is 0 Å². The van der Waals surface area contributed by atoms with Crippen molar-refractivity contribution in [2.75, 3.05) is 6.79 Å². The van der Waals surface area contributed by atoms with Gasteiger partial charge in [0.1, 0.15) is 11.6 Å². The number of aromatic nitrogens is 2. The van der Waals surface area contributed by atoms with Gasteiger partial charge in [-0.1, -0.05) is 15.9 Å². The summed E-state index contributed by atoms with van der Waals surface area (Å²) >= 11 is 3.46. The van der Waals surface area contributed by atoms with Crippen LogP contribution in [0.15, 0.2) is 21.4 Å². The van der Waals surface area contributed by atoms with Gasteiger partial charge in [0.15, 0.2) is 11.5 Å². The second-order valence-corrected chi connectivity index (χ2v) is 5.81. The van der Waals surface area contributed by atoms with Crippen molar-refractivity contribution >= 4 is 15.9 Å². The van der Waals surface area contributed by atoms with Gasteiger partial charge in [-0.3, -0.25) is 4.79 Å². The predicted octanol–water partition coefficient (Wildman–Crippen LogP) is 2.27. The number of rotatable bonds is 2. The molecule has 2 heterocycles. The molecule has 0 N–H and O–H groups in total. The smallest absolute Gasteiger partial charge is 0.285 e. The number of nitrogens with zero attached hydrogens (tertiary/aromatic N) is 3. The standard InChI is InChI=1S/C15H12BrN3O3/c1-8-9(2)18-19(15(20)11(8)5-17)6-10-3-13-14(4-12(10)16)22-7-21-13/h3-4H,6-7H2,1-2H3. The van der Waals surface area contributed by atoms with Crippen LogP contribution in [0.3, 0.4) is 0 Å². The summed E-state index contributed by atoms with van der Waals surface area (Å²) in [4.78, 5) is 12.3. The average Bonchev–Trinajstić information content (AvgIpc) is 2.92. The first-order valence-electron chi connectivity index (χ1n) is 6.57. The van der Waals surface area contributed by atoms with E-state index >= 15 is 0 Å². The van der Waals surface area contributed by atoms with Crippen LogP contribution in [-0.4, -0.2) is 16.6 Å². The summed E-state index contributed by atoms with van der Waals surface area (Å²) < 4.78 is 12.7. The fraction of sp³-hybridized carbons (Fsp3) is 0.267. The summed E-state index contributed by atoms with van der Waals surface area (Å²) in [7, 11) is 0. The molecule has 1 aliphatic heterocycles. The zero-order chi connectivity index (χ0) is 15.9. The maximum atomic E-state index is 12.3. The van der Waals surface area contributed by atoms with Crippen molar-refractivity contribution in [1.82, 2.24) is 9.78 Å². The summed E-state index contributed by atoms with van der Waals surface area (Å²) in [5.41, 5.74) is 1.84. The molecule has 7 heteroatoms. The van der Waals surface area contributed by atoms with Crippen LogP contribution in [-0.2, 0) is 6.54 Å². The average molecular weight is 362 g/mol. The van der Waals surface area contributed by atoms with E-state index in [1.54, 1.807) is 19.9 Å². The van der Waals surface area contributed by atoms with Gasteiger partial charge in [0.25, 0.3) is 5.56 Å². The van der Waals surface area contributed by atoms with E-state index in [4.69, 9.17) is 14.7 Å². The maximum absolute atomic E-state index is 12.3. The van der Waals surface area contributed by atoms with Crippen LogP contribution < -0.4 is 15.0 Å². The van der Waals surface area contributed by atoms with E-state index in [1.165, 1.54) is 4.68 Å². The number of hydrogen-bond acceptors (Lipinski definition) is 5. The minimum atomic E-state index is -0.393. The highest BCUT2D eigenvalue weighted by Gasteiger charge is 2.18. The SMILES string of the molecule is Cc1nn(Cc2cc3c(cc2Br)OCO3)c(=O)c(C#N)c1C. The summed E-state index contributed by atoms with van der Waals surface area (Å²) in [5, 5.41) is 13.4. The molecule has 1 aromatic carbocycles. The summed E-state index contributed by atoms with van der Waals surface area (Å²) in [6.07, 6.45) is 0. The molecule has 0 saturated heterocycles. The van der Waals surface area contributed by atoms with Crippen molar-refractivity contribution in [3.63, 3.8) is 0 Å². The van der Waals surface area contributed by atoms with Crippen LogP contribution in [0, 0.1) is 25.2 Å². The number of fused-ring (bicyclic) bond motifs is 1. The monoisotopic (exact) mass is 361 g/mol. The molecule has 0 amide bonds. The van der Waals surface area contributed by atoms with Crippen molar-refractivity contribution < 1.29 is 9.47 Å². The van der Waals surface area contributed by atoms with Gasteiger partial charge in [-0.15, -0.1) is 0 Å². The van der Waals surface area contributed by atoms with Crippen LogP contribution >= 0.6 is 15.9 Å². The quantitative estimate of drug-likeness (QED) is 0.819. The molecule has 0 saturated carbocycles. The molecular weight excluding hydrogens is 350 g/mol. The van der Waals surface area contributed by atoms with Gasteiger partial charge < -0.3 is 9.47 Å². The zero-order valence-corrected chi connectivity index (χ0v) is 13.6. The maximum Gasteiger partial charge on any atom is 0.285 e. The van der Waals surface area contributed by atoms with E-state index in [0.29, 0.717) is 22.8 Å². The Labute approximate surface area is 135 Å². The third kappa shape index (κ3) is 2.35. The first kappa shape index (κ1) is 14.6. The summed E-state index contributed by atoms with van der Waals surface area (Å²) in [6.45, 7) is 3.93. The van der Waals surface area contributed by atoms with Crippen LogP contribution in [0.4, 0.5) is 0 Å². The largest absolute Gasteiger partial charge is 0.454 e. The highest BCUT2D eigenvalue weighted by molar-refractivity contribution is 9.10.